The molecule has 2 aliphatic heterocycles. The molecule has 6 N–H and O–H groups in total. The number of hydrogen-bond donors (Lipinski definition) is 5. The predicted molar refractivity (Wildman–Crippen MR) is 84.0 cm³/mol. The number of anilines is 1. The number of nitrogens with two attached hydrogens (primary N) is 1. The average Bonchev–Trinajstić information content (AvgIpc) is 3.18. The number of imidazole rings is 1. The van der Waals surface area contributed by atoms with Gasteiger partial charge in [0, 0.05) is 0 Å². The van der Waals surface area contributed by atoms with Crippen LogP contribution in [-0.2, 0) is 18.8 Å². The Morgan fingerprint density at radius 2 is 2.04 bits per heavy atom. The molecule has 0 unspecified atom stereocenters. The Labute approximate surface area is 144 Å². The number of nitrogens with zero attached hydrogens (tertiary/aromatic N) is 3. The number of aliphatic hydroxyl groups is 1. The predicted octanol–water partition coefficient (Wildman–Crippen LogP) is -2.12. The van der Waals surface area contributed by atoms with E-state index in [-0.39, 0.29) is 17.1 Å². The van der Waals surface area contributed by atoms with Crippen LogP contribution in [0.1, 0.15) is 6.23 Å². The fourth-order valence-electron chi connectivity index (χ4n) is 3.18. The molecular weight excluding hydrogens is 373 g/mol. The summed E-state index contributed by atoms with van der Waals surface area (Å²) in [5.74, 6) is -0.111. The molecule has 14 heteroatoms. The zero-order chi connectivity index (χ0) is 18.6. The summed E-state index contributed by atoms with van der Waals surface area (Å²) in [6, 6.07) is 0. The molecule has 2 aromatic rings. The van der Waals surface area contributed by atoms with Crippen molar-refractivity contribution in [3.8, 4) is 0 Å². The largest absolute Gasteiger partial charge is 0.394 e. The molecule has 142 valence electrons. The van der Waals surface area contributed by atoms with Crippen LogP contribution in [0.15, 0.2) is 11.1 Å². The molecule has 0 radical (unpaired) electrons. The van der Waals surface area contributed by atoms with Crippen molar-refractivity contribution in [3.63, 3.8) is 0 Å². The molecule has 0 saturated carbocycles. The summed E-state index contributed by atoms with van der Waals surface area (Å²) in [5, 5.41) is 9.52. The highest BCUT2D eigenvalue weighted by Gasteiger charge is 2.54. The van der Waals surface area contributed by atoms with Crippen molar-refractivity contribution < 1.29 is 33.7 Å². The van der Waals surface area contributed by atoms with Gasteiger partial charge in [0.05, 0.1) is 12.9 Å². The third-order valence-corrected chi connectivity index (χ3v) is 4.97. The van der Waals surface area contributed by atoms with Gasteiger partial charge in [-0.3, -0.25) is 18.9 Å². The van der Waals surface area contributed by atoms with E-state index in [9.17, 15) is 14.5 Å². The van der Waals surface area contributed by atoms with E-state index in [1.807, 2.05) is 0 Å². The summed E-state index contributed by atoms with van der Waals surface area (Å²) in [5.41, 5.74) is 5.23. The van der Waals surface area contributed by atoms with E-state index in [4.69, 9.17) is 29.7 Å². The second-order valence-electron chi connectivity index (χ2n) is 6.00. The Morgan fingerprint density at radius 1 is 1.31 bits per heavy atom. The van der Waals surface area contributed by atoms with Gasteiger partial charge in [-0.25, -0.2) is 4.98 Å². The smallest absolute Gasteiger partial charge is 0.330 e. The normalized spacial score (nSPS) is 31.6. The number of rotatable bonds is 4. The monoisotopic (exact) mass is 389 g/mol. The number of nitrogens with one attached hydrogen (secondary N) is 1. The quantitative estimate of drug-likeness (QED) is 0.359. The molecule has 0 bridgehead atoms. The lowest BCUT2D eigenvalue weighted by Gasteiger charge is -2.20. The van der Waals surface area contributed by atoms with E-state index in [0.29, 0.717) is 0 Å². The van der Waals surface area contributed by atoms with Crippen LogP contribution < -0.4 is 11.3 Å². The fraction of sp³-hybridized carbons (Fsp3) is 0.583. The number of aromatic amines is 1. The van der Waals surface area contributed by atoms with Gasteiger partial charge in [0.15, 0.2) is 23.7 Å². The highest BCUT2D eigenvalue weighted by Crippen LogP contribution is 2.44. The van der Waals surface area contributed by atoms with Gasteiger partial charge in [-0.15, -0.1) is 0 Å². The van der Waals surface area contributed by atoms with Gasteiger partial charge in [0.1, 0.15) is 24.5 Å². The Balaban J connectivity index is 1.69. The van der Waals surface area contributed by atoms with E-state index in [1.54, 1.807) is 0 Å². The third kappa shape index (κ3) is 2.93. The minimum absolute atomic E-state index is 0.0393. The topological polar surface area (TPSA) is 195 Å². The molecule has 0 amide bonds. The standard InChI is InChI=1S/C12H16N5O8P/c13-12-15-9-6(10(19)16-12)14-3-17(9)11-8-7(4(1-18)23-11)24-5(25-8)2-26(20,21)22/h3-5,7-8,11,18H,1-2H2,(H2,20,21,22)(H3,13,15,16,19)/t4-,5-,7-,8-,11-/m1/s1. The summed E-state index contributed by atoms with van der Waals surface area (Å²) >= 11 is 0. The van der Waals surface area contributed by atoms with Crippen molar-refractivity contribution in [1.29, 1.82) is 0 Å². The van der Waals surface area contributed by atoms with E-state index in [2.05, 4.69) is 15.0 Å². The van der Waals surface area contributed by atoms with Crippen molar-refractivity contribution in [1.82, 2.24) is 19.5 Å². The lowest BCUT2D eigenvalue weighted by molar-refractivity contribution is -0.143. The van der Waals surface area contributed by atoms with Crippen LogP contribution in [-0.4, -0.2) is 71.8 Å². The van der Waals surface area contributed by atoms with Crippen molar-refractivity contribution in [3.05, 3.63) is 16.7 Å². The zero-order valence-electron chi connectivity index (χ0n) is 13.1. The number of fused-ring (bicyclic) bond motifs is 2. The lowest BCUT2D eigenvalue weighted by atomic mass is 10.1. The van der Waals surface area contributed by atoms with E-state index in [1.165, 1.54) is 10.9 Å². The Kier molecular flexibility index (Phi) is 4.11. The van der Waals surface area contributed by atoms with Gasteiger partial charge in [-0.2, -0.15) is 4.98 Å². The third-order valence-electron chi connectivity index (χ3n) is 4.19. The van der Waals surface area contributed by atoms with E-state index in [0.717, 1.165) is 0 Å². The molecule has 0 aromatic carbocycles. The zero-order valence-corrected chi connectivity index (χ0v) is 14.0. The maximum absolute atomic E-state index is 11.9. The number of nitrogen functional groups attached to an aromatic ring is 1. The highest BCUT2D eigenvalue weighted by atomic mass is 31.2. The van der Waals surface area contributed by atoms with Crippen molar-refractivity contribution >= 4 is 24.7 Å². The van der Waals surface area contributed by atoms with Crippen LogP contribution in [0.25, 0.3) is 11.2 Å². The SMILES string of the molecule is Nc1nc2c(ncn2[C@@H]2O[C@H](CO)[C@H]3O[C@@H](CP(=O)(O)O)O[C@H]32)c(=O)[nH]1. The average molecular weight is 389 g/mol. The van der Waals surface area contributed by atoms with Crippen molar-refractivity contribution in [2.75, 3.05) is 18.5 Å². The molecule has 26 heavy (non-hydrogen) atoms. The minimum atomic E-state index is -4.36. The summed E-state index contributed by atoms with van der Waals surface area (Å²) in [6.07, 6.45) is -3.67. The molecule has 5 atom stereocenters. The number of H-pyrrole nitrogens is 1. The van der Waals surface area contributed by atoms with Crippen LogP contribution in [0.4, 0.5) is 5.95 Å². The number of ether oxygens (including phenoxy) is 3. The summed E-state index contributed by atoms with van der Waals surface area (Å²) in [4.78, 5) is 40.5. The Morgan fingerprint density at radius 3 is 2.73 bits per heavy atom. The number of aromatic nitrogens is 4. The molecule has 2 saturated heterocycles. The first-order valence-corrected chi connectivity index (χ1v) is 9.41. The van der Waals surface area contributed by atoms with Crippen LogP contribution in [0.2, 0.25) is 0 Å². The lowest BCUT2D eigenvalue weighted by Crippen LogP contribution is -2.31. The van der Waals surface area contributed by atoms with Crippen LogP contribution in [0.3, 0.4) is 0 Å². The van der Waals surface area contributed by atoms with Crippen LogP contribution in [0.5, 0.6) is 0 Å². The Hall–Kier alpha value is -1.86. The number of aliphatic hydroxyl groups excluding tert-OH is 1. The molecule has 2 aliphatic rings. The molecule has 0 aliphatic carbocycles. The summed E-state index contributed by atoms with van der Waals surface area (Å²) < 4.78 is 29.4. The van der Waals surface area contributed by atoms with Gasteiger partial charge < -0.3 is 34.8 Å². The molecule has 2 fully saturated rings. The van der Waals surface area contributed by atoms with E-state index >= 15 is 0 Å². The first-order valence-electron chi connectivity index (χ1n) is 7.61. The fourth-order valence-corrected chi connectivity index (χ4v) is 3.74. The molecule has 2 aromatic heterocycles. The van der Waals surface area contributed by atoms with Gasteiger partial charge in [-0.05, 0) is 0 Å². The van der Waals surface area contributed by atoms with Crippen LogP contribution in [0, 0.1) is 0 Å². The summed E-state index contributed by atoms with van der Waals surface area (Å²) in [6.45, 7) is -0.396. The minimum Gasteiger partial charge on any atom is -0.394 e. The molecular formula is C12H16N5O8P. The second-order valence-corrected chi connectivity index (χ2v) is 7.70. The first-order chi connectivity index (χ1) is 12.3. The molecule has 4 heterocycles. The first kappa shape index (κ1) is 17.5. The molecule has 0 spiro atoms. The molecule has 13 nitrogen and oxygen atoms in total. The Bertz CT molecular complexity index is 939. The van der Waals surface area contributed by atoms with Crippen LogP contribution >= 0.6 is 7.60 Å². The number of hydrogen-bond acceptors (Lipinski definition) is 9. The summed E-state index contributed by atoms with van der Waals surface area (Å²) in [7, 11) is -4.36. The highest BCUT2D eigenvalue weighted by molar-refractivity contribution is 7.51. The maximum Gasteiger partial charge on any atom is 0.330 e. The van der Waals surface area contributed by atoms with Crippen molar-refractivity contribution in [2.45, 2.75) is 30.8 Å². The molecule has 4 rings (SSSR count). The second kappa shape index (κ2) is 6.09. The maximum atomic E-state index is 11.9. The van der Waals surface area contributed by atoms with E-state index < -0.39 is 56.8 Å². The van der Waals surface area contributed by atoms with Gasteiger partial charge in [0.2, 0.25) is 5.95 Å². The van der Waals surface area contributed by atoms with Gasteiger partial charge in [-0.1, -0.05) is 0 Å². The van der Waals surface area contributed by atoms with Gasteiger partial charge in [0.25, 0.3) is 5.56 Å². The van der Waals surface area contributed by atoms with Gasteiger partial charge >= 0.3 is 7.60 Å². The van der Waals surface area contributed by atoms with Crippen molar-refractivity contribution in [2.24, 2.45) is 0 Å².